The van der Waals surface area contributed by atoms with E-state index in [9.17, 15) is 21.6 Å². The van der Waals surface area contributed by atoms with E-state index in [1.165, 1.54) is 4.31 Å². The first-order valence-corrected chi connectivity index (χ1v) is 9.06. The Hall–Kier alpha value is -0.0500. The molecule has 0 amide bonds. The van der Waals surface area contributed by atoms with Gasteiger partial charge in [-0.25, -0.2) is 0 Å². The first-order chi connectivity index (χ1) is 9.75. The van der Waals surface area contributed by atoms with Crippen LogP contribution in [0.25, 0.3) is 0 Å². The highest BCUT2D eigenvalue weighted by Gasteiger charge is 2.45. The molecule has 0 aromatic rings. The van der Waals surface area contributed by atoms with Crippen LogP contribution in [0.15, 0.2) is 0 Å². The van der Waals surface area contributed by atoms with Crippen LogP contribution in [0.2, 0.25) is 0 Å². The first-order valence-electron chi connectivity index (χ1n) is 7.13. The van der Waals surface area contributed by atoms with Crippen molar-refractivity contribution in [2.24, 2.45) is 11.8 Å². The summed E-state index contributed by atoms with van der Waals surface area (Å²) in [7, 11) is -3.79. The van der Waals surface area contributed by atoms with Crippen LogP contribution in [0.3, 0.4) is 0 Å². The molecular weight excluding hydrogens is 329 g/mol. The maximum atomic E-state index is 12.8. The van der Waals surface area contributed by atoms with E-state index >= 15 is 0 Å². The summed E-state index contributed by atoms with van der Waals surface area (Å²) in [6, 6.07) is 0. The minimum atomic E-state index is -4.33. The topological polar surface area (TPSA) is 40.6 Å². The molecule has 1 atom stereocenters. The Balaban J connectivity index is 2.02. The molecule has 0 aromatic carbocycles. The second-order valence-electron chi connectivity index (χ2n) is 5.74. The number of nitrogens with zero attached hydrogens (tertiary/aromatic N) is 2. The van der Waals surface area contributed by atoms with Gasteiger partial charge >= 0.3 is 6.18 Å². The Labute approximate surface area is 128 Å². The summed E-state index contributed by atoms with van der Waals surface area (Å²) in [5.41, 5.74) is 0. The fourth-order valence-corrected chi connectivity index (χ4v) is 4.91. The zero-order valence-electron chi connectivity index (χ0n) is 11.6. The molecule has 124 valence electrons. The van der Waals surface area contributed by atoms with Crippen molar-refractivity contribution in [2.75, 3.05) is 32.1 Å². The largest absolute Gasteiger partial charge is 0.393 e. The van der Waals surface area contributed by atoms with Crippen LogP contribution in [0.5, 0.6) is 0 Å². The van der Waals surface area contributed by atoms with E-state index in [4.69, 9.17) is 11.6 Å². The zero-order chi connectivity index (χ0) is 15.7. The molecule has 0 spiro atoms. The predicted molar refractivity (Wildman–Crippen MR) is 74.3 cm³/mol. The molecule has 2 heterocycles. The van der Waals surface area contributed by atoms with Gasteiger partial charge < -0.3 is 0 Å². The fourth-order valence-electron chi connectivity index (χ4n) is 2.88. The van der Waals surface area contributed by atoms with E-state index in [0.29, 0.717) is 37.7 Å². The summed E-state index contributed by atoms with van der Waals surface area (Å²) < 4.78 is 65.6. The molecule has 0 aromatic heterocycles. The molecule has 2 aliphatic rings. The summed E-state index contributed by atoms with van der Waals surface area (Å²) in [5, 5.41) is 0. The van der Waals surface area contributed by atoms with E-state index in [-0.39, 0.29) is 19.4 Å². The zero-order valence-corrected chi connectivity index (χ0v) is 13.2. The Kier molecular flexibility index (Phi) is 5.44. The molecule has 4 nitrogen and oxygen atoms in total. The maximum absolute atomic E-state index is 12.8. The van der Waals surface area contributed by atoms with Crippen LogP contribution < -0.4 is 0 Å². The normalized spacial score (nSPS) is 27.9. The number of rotatable bonds is 3. The number of hydrogen-bond acceptors (Lipinski definition) is 2. The monoisotopic (exact) mass is 348 g/mol. The Bertz CT molecular complexity index is 450. The lowest BCUT2D eigenvalue weighted by Gasteiger charge is -2.38. The van der Waals surface area contributed by atoms with E-state index in [1.807, 2.05) is 0 Å². The lowest BCUT2D eigenvalue weighted by atomic mass is 9.99. The van der Waals surface area contributed by atoms with Gasteiger partial charge in [0.25, 0.3) is 10.2 Å². The van der Waals surface area contributed by atoms with Crippen molar-refractivity contribution in [1.29, 1.82) is 0 Å². The highest BCUT2D eigenvalue weighted by atomic mass is 35.5. The molecule has 9 heteroatoms. The van der Waals surface area contributed by atoms with Crippen molar-refractivity contribution in [3.05, 3.63) is 0 Å². The Morgan fingerprint density at radius 1 is 1.05 bits per heavy atom. The average molecular weight is 349 g/mol. The molecule has 2 fully saturated rings. The highest BCUT2D eigenvalue weighted by Crippen LogP contribution is 2.34. The van der Waals surface area contributed by atoms with Crippen molar-refractivity contribution < 1.29 is 21.6 Å². The summed E-state index contributed by atoms with van der Waals surface area (Å²) in [6.07, 6.45) is -2.75. The van der Waals surface area contributed by atoms with Crippen molar-refractivity contribution in [3.8, 4) is 0 Å². The molecule has 0 N–H and O–H groups in total. The van der Waals surface area contributed by atoms with Gasteiger partial charge in [-0.1, -0.05) is 0 Å². The smallest absolute Gasteiger partial charge is 0.195 e. The molecule has 2 aliphatic heterocycles. The van der Waals surface area contributed by atoms with Crippen molar-refractivity contribution in [3.63, 3.8) is 0 Å². The van der Waals surface area contributed by atoms with Gasteiger partial charge in [-0.15, -0.1) is 11.6 Å². The maximum Gasteiger partial charge on any atom is 0.393 e. The molecular formula is C12H20ClF3N2O2S. The van der Waals surface area contributed by atoms with Crippen molar-refractivity contribution in [1.82, 2.24) is 8.61 Å². The fraction of sp³-hybridized carbons (Fsp3) is 1.00. The Morgan fingerprint density at radius 3 is 2.19 bits per heavy atom. The quantitative estimate of drug-likeness (QED) is 0.735. The van der Waals surface area contributed by atoms with Gasteiger partial charge in [0.05, 0.1) is 5.92 Å². The van der Waals surface area contributed by atoms with Crippen LogP contribution in [0.1, 0.15) is 25.7 Å². The third-order valence-corrected chi connectivity index (χ3v) is 6.73. The second-order valence-corrected chi connectivity index (χ2v) is 7.98. The van der Waals surface area contributed by atoms with E-state index < -0.39 is 28.8 Å². The van der Waals surface area contributed by atoms with Gasteiger partial charge in [-0.3, -0.25) is 0 Å². The van der Waals surface area contributed by atoms with Gasteiger partial charge in [0.1, 0.15) is 0 Å². The van der Waals surface area contributed by atoms with Crippen molar-refractivity contribution in [2.45, 2.75) is 31.9 Å². The summed E-state index contributed by atoms with van der Waals surface area (Å²) in [6.45, 7) is 0.394. The summed E-state index contributed by atoms with van der Waals surface area (Å²) >= 11 is 5.76. The molecule has 0 saturated carbocycles. The van der Waals surface area contributed by atoms with Gasteiger partial charge in [0.15, 0.2) is 0 Å². The SMILES string of the molecule is O=S(=O)(N1CCC(CCl)CC1)N1CCCC(C(F)(F)F)C1. The third-order valence-electron chi connectivity index (χ3n) is 4.29. The van der Waals surface area contributed by atoms with Crippen LogP contribution >= 0.6 is 11.6 Å². The van der Waals surface area contributed by atoms with E-state index in [2.05, 4.69) is 0 Å². The van der Waals surface area contributed by atoms with Gasteiger partial charge in [0, 0.05) is 32.1 Å². The number of halogens is 4. The van der Waals surface area contributed by atoms with Crippen molar-refractivity contribution >= 4 is 21.8 Å². The standard InChI is InChI=1S/C12H20ClF3N2O2S/c13-8-10-3-6-17(7-4-10)21(19,20)18-5-1-2-11(9-18)12(14,15)16/h10-11H,1-9H2. The lowest BCUT2D eigenvalue weighted by Crippen LogP contribution is -2.52. The summed E-state index contributed by atoms with van der Waals surface area (Å²) in [5.74, 6) is -0.767. The first kappa shape index (κ1) is 17.3. The van der Waals surface area contributed by atoms with Gasteiger partial charge in [-0.05, 0) is 31.6 Å². The highest BCUT2D eigenvalue weighted by molar-refractivity contribution is 7.86. The molecule has 0 radical (unpaired) electrons. The van der Waals surface area contributed by atoms with E-state index in [1.54, 1.807) is 0 Å². The minimum absolute atomic E-state index is 0.00381. The van der Waals surface area contributed by atoms with Gasteiger partial charge in [0.2, 0.25) is 0 Å². The predicted octanol–water partition coefficient (Wildman–Crippen LogP) is 2.46. The number of piperidine rings is 2. The van der Waals surface area contributed by atoms with Crippen LogP contribution in [-0.4, -0.2) is 55.3 Å². The molecule has 21 heavy (non-hydrogen) atoms. The van der Waals surface area contributed by atoms with Crippen LogP contribution in [-0.2, 0) is 10.2 Å². The molecule has 1 unspecified atom stereocenters. The molecule has 2 saturated heterocycles. The molecule has 0 aliphatic carbocycles. The molecule has 0 bridgehead atoms. The second kappa shape index (κ2) is 6.60. The molecule has 2 rings (SSSR count). The van der Waals surface area contributed by atoms with Gasteiger partial charge in [-0.2, -0.15) is 30.2 Å². The lowest BCUT2D eigenvalue weighted by molar-refractivity contribution is -0.182. The Morgan fingerprint density at radius 2 is 1.67 bits per heavy atom. The van der Waals surface area contributed by atoms with Crippen LogP contribution in [0.4, 0.5) is 13.2 Å². The average Bonchev–Trinajstić information content (AvgIpc) is 2.46. The third kappa shape index (κ3) is 4.03. The minimum Gasteiger partial charge on any atom is -0.195 e. The summed E-state index contributed by atoms with van der Waals surface area (Å²) in [4.78, 5) is 0. The number of alkyl halides is 4. The van der Waals surface area contributed by atoms with E-state index in [0.717, 1.165) is 4.31 Å². The number of hydrogen-bond donors (Lipinski definition) is 0. The van der Waals surface area contributed by atoms with Crippen LogP contribution in [0, 0.1) is 11.8 Å².